The summed E-state index contributed by atoms with van der Waals surface area (Å²) < 4.78 is 44.0. The van der Waals surface area contributed by atoms with Gasteiger partial charge in [-0.25, -0.2) is 4.79 Å². The van der Waals surface area contributed by atoms with Crippen molar-refractivity contribution >= 4 is 17.8 Å². The molecule has 35 heavy (non-hydrogen) atoms. The molecule has 2 atom stereocenters. The second kappa shape index (κ2) is 12.9. The average Bonchev–Trinajstić information content (AvgIpc) is 2.80. The number of carbonyl (C=O) groups excluding carboxylic acids is 3. The first-order chi connectivity index (χ1) is 16.6. The summed E-state index contributed by atoms with van der Waals surface area (Å²) in [4.78, 5) is 52.7. The second-order valence-electron chi connectivity index (χ2n) is 7.84. The Bertz CT molecular complexity index is 952. The topological polar surface area (TPSA) is 140 Å². The van der Waals surface area contributed by atoms with Crippen molar-refractivity contribution in [2.24, 2.45) is 0 Å². The average molecular weight is 505 g/mol. The van der Waals surface area contributed by atoms with Crippen molar-refractivity contribution in [1.82, 2.24) is 26.0 Å². The summed E-state index contributed by atoms with van der Waals surface area (Å²) in [6.45, 7) is 4.40. The van der Waals surface area contributed by atoms with E-state index in [0.717, 1.165) is 25.7 Å². The molecule has 11 nitrogen and oxygen atoms in total. The van der Waals surface area contributed by atoms with E-state index in [-0.39, 0.29) is 24.3 Å². The molecule has 0 bridgehead atoms. The van der Waals surface area contributed by atoms with Gasteiger partial charge in [-0.05, 0) is 12.8 Å². The van der Waals surface area contributed by atoms with Gasteiger partial charge in [-0.1, -0.05) is 26.7 Å². The zero-order valence-electron chi connectivity index (χ0n) is 19.5. The van der Waals surface area contributed by atoms with Crippen molar-refractivity contribution in [2.75, 3.05) is 19.8 Å². The normalized spacial score (nSPS) is 17.1. The molecular weight excluding hydrogens is 475 g/mol. The molecule has 196 valence electrons. The van der Waals surface area contributed by atoms with Crippen molar-refractivity contribution in [3.8, 4) is 5.75 Å². The van der Waals surface area contributed by atoms with Crippen molar-refractivity contribution in [1.29, 1.82) is 0 Å². The number of hydrogen-bond donors (Lipinski definition) is 4. The number of rotatable bonds is 13. The Morgan fingerprint density at radius 2 is 1.80 bits per heavy atom. The van der Waals surface area contributed by atoms with Crippen molar-refractivity contribution in [2.45, 2.75) is 64.3 Å². The van der Waals surface area contributed by atoms with Crippen LogP contribution in [0.15, 0.2) is 17.1 Å². The lowest BCUT2D eigenvalue weighted by atomic mass is 9.99. The van der Waals surface area contributed by atoms with Gasteiger partial charge in [0.2, 0.25) is 11.3 Å². The number of nitrogens with one attached hydrogen (secondary N) is 4. The zero-order chi connectivity index (χ0) is 26.0. The maximum atomic E-state index is 12.4. The number of aromatic nitrogens is 1. The molecule has 1 fully saturated rings. The maximum Gasteiger partial charge on any atom is 0.471 e. The first kappa shape index (κ1) is 27.8. The number of pyridine rings is 1. The minimum absolute atomic E-state index is 0.103. The molecular formula is C21H30F3N5O6. The van der Waals surface area contributed by atoms with Gasteiger partial charge in [0.25, 0.3) is 0 Å². The SMILES string of the molecule is CCCCOc1cn(OCCCC)c(CNC(=O)NC[C@H]2NC(=O)[C@H]2NC(=O)C(F)(F)F)cc1=O. The van der Waals surface area contributed by atoms with Crippen LogP contribution >= 0.6 is 0 Å². The van der Waals surface area contributed by atoms with E-state index in [4.69, 9.17) is 9.57 Å². The third kappa shape index (κ3) is 8.37. The van der Waals surface area contributed by atoms with Gasteiger partial charge >= 0.3 is 18.1 Å². The minimum atomic E-state index is -5.13. The van der Waals surface area contributed by atoms with Gasteiger partial charge in [0.1, 0.15) is 12.6 Å². The maximum absolute atomic E-state index is 12.4. The van der Waals surface area contributed by atoms with E-state index in [1.54, 1.807) is 5.32 Å². The predicted molar refractivity (Wildman–Crippen MR) is 118 cm³/mol. The fraction of sp³-hybridized carbons (Fsp3) is 0.619. The molecule has 1 saturated heterocycles. The van der Waals surface area contributed by atoms with Gasteiger partial charge in [0.05, 0.1) is 31.1 Å². The Labute approximate surface area is 199 Å². The van der Waals surface area contributed by atoms with Crippen LogP contribution in [0.1, 0.15) is 45.2 Å². The highest BCUT2D eigenvalue weighted by Crippen LogP contribution is 2.16. The Hall–Kier alpha value is -3.45. The van der Waals surface area contributed by atoms with Crippen LogP contribution in [0.3, 0.4) is 0 Å². The summed E-state index contributed by atoms with van der Waals surface area (Å²) in [5.41, 5.74) is -0.0366. The van der Waals surface area contributed by atoms with Crippen LogP contribution < -0.4 is 36.3 Å². The molecule has 1 aliphatic heterocycles. The van der Waals surface area contributed by atoms with Gasteiger partial charge in [0.15, 0.2) is 5.75 Å². The van der Waals surface area contributed by atoms with Gasteiger partial charge in [-0.3, -0.25) is 14.4 Å². The molecule has 0 spiro atoms. The molecule has 0 aliphatic carbocycles. The standard InChI is InChI=1S/C21H30F3N5O6/c1-3-5-7-34-16-12-29(35-8-6-4-2)13(9-15(16)30)10-25-20(33)26-11-14-17(18(31)27-14)28-19(32)21(22,23)24/h9,12,14,17H,3-8,10-11H2,1-2H3,(H,27,31)(H,28,32)(H2,25,26,33)/t14-,17+/m1/s1. The van der Waals surface area contributed by atoms with E-state index >= 15 is 0 Å². The molecule has 2 rings (SSSR count). The van der Waals surface area contributed by atoms with E-state index < -0.39 is 36.1 Å². The summed E-state index contributed by atoms with van der Waals surface area (Å²) >= 11 is 0. The van der Waals surface area contributed by atoms with Gasteiger partial charge in [-0.2, -0.15) is 17.9 Å². The van der Waals surface area contributed by atoms with Crippen molar-refractivity contribution < 1.29 is 37.1 Å². The molecule has 2 heterocycles. The van der Waals surface area contributed by atoms with Crippen LogP contribution in [-0.4, -0.2) is 60.6 Å². The zero-order valence-corrected chi connectivity index (χ0v) is 19.5. The summed E-state index contributed by atoms with van der Waals surface area (Å²) in [5.74, 6) is -2.91. The number of hydrogen-bond acceptors (Lipinski definition) is 6. The van der Waals surface area contributed by atoms with Crippen LogP contribution in [0, 0.1) is 0 Å². The molecule has 4 N–H and O–H groups in total. The highest BCUT2D eigenvalue weighted by atomic mass is 19.4. The lowest BCUT2D eigenvalue weighted by molar-refractivity contribution is -0.175. The van der Waals surface area contributed by atoms with Crippen molar-refractivity contribution in [3.63, 3.8) is 0 Å². The summed E-state index contributed by atoms with van der Waals surface area (Å²) in [7, 11) is 0. The number of carbonyl (C=O) groups is 3. The molecule has 1 aromatic heterocycles. The van der Waals surface area contributed by atoms with E-state index in [2.05, 4.69) is 16.0 Å². The minimum Gasteiger partial charge on any atom is -0.488 e. The first-order valence-electron chi connectivity index (χ1n) is 11.3. The van der Waals surface area contributed by atoms with Gasteiger partial charge in [-0.15, -0.1) is 0 Å². The number of halogens is 3. The van der Waals surface area contributed by atoms with E-state index in [1.807, 2.05) is 13.8 Å². The van der Waals surface area contributed by atoms with Crippen LogP contribution in [0.25, 0.3) is 0 Å². The number of β-lactam (4-membered cyclic amide) rings is 1. The Morgan fingerprint density at radius 1 is 1.11 bits per heavy atom. The molecule has 4 amide bonds. The number of nitrogens with zero attached hydrogens (tertiary/aromatic N) is 1. The molecule has 0 radical (unpaired) electrons. The van der Waals surface area contributed by atoms with Gasteiger partial charge < -0.3 is 30.8 Å². The number of alkyl halides is 3. The van der Waals surface area contributed by atoms with Gasteiger partial charge in [0, 0.05) is 12.6 Å². The highest BCUT2D eigenvalue weighted by Gasteiger charge is 2.46. The van der Waals surface area contributed by atoms with E-state index in [1.165, 1.54) is 17.0 Å². The molecule has 14 heteroatoms. The van der Waals surface area contributed by atoms with Crippen molar-refractivity contribution in [3.05, 3.63) is 28.2 Å². The van der Waals surface area contributed by atoms with Crippen LogP contribution in [-0.2, 0) is 16.1 Å². The fourth-order valence-corrected chi connectivity index (χ4v) is 2.97. The second-order valence-corrected chi connectivity index (χ2v) is 7.84. The van der Waals surface area contributed by atoms with Crippen LogP contribution in [0.5, 0.6) is 5.75 Å². The smallest absolute Gasteiger partial charge is 0.471 e. The summed E-state index contributed by atoms with van der Waals surface area (Å²) in [5, 5.41) is 8.81. The third-order valence-corrected chi connectivity index (χ3v) is 5.01. The lowest BCUT2D eigenvalue weighted by Gasteiger charge is -2.37. The Morgan fingerprint density at radius 3 is 2.43 bits per heavy atom. The fourth-order valence-electron chi connectivity index (χ4n) is 2.97. The lowest BCUT2D eigenvalue weighted by Crippen LogP contribution is -2.72. The van der Waals surface area contributed by atoms with Crippen LogP contribution in [0.2, 0.25) is 0 Å². The number of unbranched alkanes of at least 4 members (excludes halogenated alkanes) is 2. The molecule has 0 aromatic carbocycles. The van der Waals surface area contributed by atoms with E-state index in [0.29, 0.717) is 18.9 Å². The first-order valence-corrected chi connectivity index (χ1v) is 11.3. The largest absolute Gasteiger partial charge is 0.488 e. The van der Waals surface area contributed by atoms with Crippen LogP contribution in [0.4, 0.5) is 18.0 Å². The molecule has 0 saturated carbocycles. The highest BCUT2D eigenvalue weighted by molar-refractivity contribution is 5.94. The Kier molecular flexibility index (Phi) is 10.2. The number of ether oxygens (including phenoxy) is 1. The van der Waals surface area contributed by atoms with E-state index in [9.17, 15) is 32.3 Å². The third-order valence-electron chi connectivity index (χ3n) is 5.01. The molecule has 1 aliphatic rings. The quantitative estimate of drug-likeness (QED) is 0.229. The monoisotopic (exact) mass is 505 g/mol. The number of amides is 4. The Balaban J connectivity index is 1.93. The molecule has 1 aromatic rings. The molecule has 0 unspecified atom stereocenters. The summed E-state index contributed by atoms with van der Waals surface area (Å²) in [6.07, 6.45) is -0.375. The number of urea groups is 1. The summed E-state index contributed by atoms with van der Waals surface area (Å²) in [6, 6.07) is -1.75. The predicted octanol–water partition coefficient (Wildman–Crippen LogP) is 0.601.